The highest BCUT2D eigenvalue weighted by molar-refractivity contribution is 7.97. The van der Waals surface area contributed by atoms with E-state index in [2.05, 4.69) is 5.32 Å². The van der Waals surface area contributed by atoms with Crippen LogP contribution in [0.15, 0.2) is 23.1 Å². The lowest BCUT2D eigenvalue weighted by atomic mass is 10.1. The molecule has 1 unspecified atom stereocenters. The molecule has 7 heteroatoms. The van der Waals surface area contributed by atoms with E-state index in [1.54, 1.807) is 18.2 Å². The topological polar surface area (TPSA) is 52.6 Å². The minimum Gasteiger partial charge on any atom is -0.465 e. The predicted octanol–water partition coefficient (Wildman–Crippen LogP) is 4.18. The van der Waals surface area contributed by atoms with Crippen LogP contribution in [0.25, 0.3) is 0 Å². The highest BCUT2D eigenvalue weighted by Crippen LogP contribution is 2.30. The summed E-state index contributed by atoms with van der Waals surface area (Å²) < 4.78 is 1.83. The molecule has 1 rings (SSSR count). The third kappa shape index (κ3) is 5.48. The van der Waals surface area contributed by atoms with Crippen molar-refractivity contribution in [3.63, 3.8) is 0 Å². The van der Waals surface area contributed by atoms with E-state index in [1.165, 1.54) is 11.9 Å². The molecule has 1 amide bonds. The van der Waals surface area contributed by atoms with E-state index in [0.29, 0.717) is 10.0 Å². The van der Waals surface area contributed by atoms with Gasteiger partial charge in [-0.3, -0.25) is 0 Å². The molecule has 0 bridgehead atoms. The van der Waals surface area contributed by atoms with Crippen molar-refractivity contribution in [3.05, 3.63) is 28.2 Å². The van der Waals surface area contributed by atoms with E-state index in [1.807, 2.05) is 25.2 Å². The summed E-state index contributed by atoms with van der Waals surface area (Å²) >= 11 is 13.3. The number of nitrogens with zero attached hydrogens (tertiary/aromatic N) is 1. The number of carboxylic acid groups (broad SMARTS) is 1. The van der Waals surface area contributed by atoms with Gasteiger partial charge in [0.05, 0.1) is 6.17 Å². The Morgan fingerprint density at radius 2 is 1.84 bits per heavy atom. The number of benzene rings is 1. The summed E-state index contributed by atoms with van der Waals surface area (Å²) in [5.74, 6) is 0.128. The SMILES string of the molecule is CC(C)C(NC(=O)O)N(C)Sc1cc(Cl)cc(Cl)c1. The van der Waals surface area contributed by atoms with Crippen molar-refractivity contribution in [2.24, 2.45) is 5.92 Å². The fraction of sp³-hybridized carbons (Fsp3) is 0.417. The Morgan fingerprint density at radius 3 is 2.26 bits per heavy atom. The lowest BCUT2D eigenvalue weighted by Gasteiger charge is -2.29. The summed E-state index contributed by atoms with van der Waals surface area (Å²) in [5, 5.41) is 12.4. The van der Waals surface area contributed by atoms with Gasteiger partial charge in [-0.1, -0.05) is 37.0 Å². The number of hydrogen-bond donors (Lipinski definition) is 2. The predicted molar refractivity (Wildman–Crippen MR) is 79.9 cm³/mol. The van der Waals surface area contributed by atoms with Crippen LogP contribution in [-0.2, 0) is 0 Å². The normalized spacial score (nSPS) is 12.8. The van der Waals surface area contributed by atoms with Gasteiger partial charge >= 0.3 is 6.09 Å². The summed E-state index contributed by atoms with van der Waals surface area (Å²) in [6.07, 6.45) is -1.35. The van der Waals surface area contributed by atoms with E-state index in [-0.39, 0.29) is 12.1 Å². The first kappa shape index (κ1) is 16.4. The maximum Gasteiger partial charge on any atom is 0.405 e. The molecule has 0 radical (unpaired) electrons. The van der Waals surface area contributed by atoms with Crippen LogP contribution in [0.5, 0.6) is 0 Å². The second-order valence-corrected chi connectivity index (χ2v) is 6.48. The minimum atomic E-state index is -1.05. The Hall–Kier alpha value is -0.620. The smallest absolute Gasteiger partial charge is 0.405 e. The number of halogens is 2. The van der Waals surface area contributed by atoms with Crippen LogP contribution < -0.4 is 5.32 Å². The zero-order chi connectivity index (χ0) is 14.6. The van der Waals surface area contributed by atoms with Gasteiger partial charge in [0.1, 0.15) is 0 Å². The maximum atomic E-state index is 10.8. The van der Waals surface area contributed by atoms with Gasteiger partial charge < -0.3 is 10.4 Å². The van der Waals surface area contributed by atoms with Gasteiger partial charge in [0.2, 0.25) is 0 Å². The van der Waals surface area contributed by atoms with Crippen molar-refractivity contribution in [1.82, 2.24) is 9.62 Å². The second kappa shape index (κ2) is 7.24. The summed E-state index contributed by atoms with van der Waals surface area (Å²) in [6.45, 7) is 3.89. The quantitative estimate of drug-likeness (QED) is 0.630. The van der Waals surface area contributed by atoms with Gasteiger partial charge in [0, 0.05) is 14.9 Å². The van der Waals surface area contributed by atoms with Crippen molar-refractivity contribution < 1.29 is 9.90 Å². The zero-order valence-electron chi connectivity index (χ0n) is 10.9. The highest BCUT2D eigenvalue weighted by atomic mass is 35.5. The van der Waals surface area contributed by atoms with E-state index < -0.39 is 6.09 Å². The van der Waals surface area contributed by atoms with Crippen molar-refractivity contribution in [3.8, 4) is 0 Å². The standard InChI is InChI=1S/C12H16Cl2N2O2S/c1-7(2)11(15-12(17)18)16(3)19-10-5-8(13)4-9(14)6-10/h4-7,11,15H,1-3H3,(H,17,18). The highest BCUT2D eigenvalue weighted by Gasteiger charge is 2.21. The van der Waals surface area contributed by atoms with Crippen LogP contribution in [0.1, 0.15) is 13.8 Å². The molecule has 1 atom stereocenters. The Bertz CT molecular complexity index is 437. The molecule has 1 aromatic carbocycles. The summed E-state index contributed by atoms with van der Waals surface area (Å²) in [5.41, 5.74) is 0. The minimum absolute atomic E-state index is 0.128. The molecule has 0 saturated heterocycles. The molecule has 1 aromatic rings. The lowest BCUT2D eigenvalue weighted by Crippen LogP contribution is -2.46. The van der Waals surface area contributed by atoms with Crippen LogP contribution >= 0.6 is 35.1 Å². The molecule has 0 spiro atoms. The number of amides is 1. The summed E-state index contributed by atoms with van der Waals surface area (Å²) in [7, 11) is 1.82. The number of carbonyl (C=O) groups is 1. The Morgan fingerprint density at radius 1 is 1.32 bits per heavy atom. The molecule has 0 fully saturated rings. The van der Waals surface area contributed by atoms with E-state index in [0.717, 1.165) is 4.90 Å². The molecular weight excluding hydrogens is 307 g/mol. The van der Waals surface area contributed by atoms with Crippen LogP contribution in [0.3, 0.4) is 0 Å². The monoisotopic (exact) mass is 322 g/mol. The van der Waals surface area contributed by atoms with Crippen molar-refractivity contribution in [2.75, 3.05) is 7.05 Å². The fourth-order valence-electron chi connectivity index (χ4n) is 1.61. The second-order valence-electron chi connectivity index (χ2n) is 4.38. The average molecular weight is 323 g/mol. The number of nitrogens with one attached hydrogen (secondary N) is 1. The molecule has 0 heterocycles. The molecule has 0 aliphatic carbocycles. The first-order valence-electron chi connectivity index (χ1n) is 5.66. The molecule has 0 saturated carbocycles. The molecular formula is C12H16Cl2N2O2S. The van der Waals surface area contributed by atoms with Crippen LogP contribution in [0.2, 0.25) is 10.0 Å². The van der Waals surface area contributed by atoms with Crippen molar-refractivity contribution >= 4 is 41.2 Å². The maximum absolute atomic E-state index is 10.8. The van der Waals surface area contributed by atoms with E-state index in [9.17, 15) is 4.79 Å². The van der Waals surface area contributed by atoms with Gasteiger partial charge in [-0.15, -0.1) is 0 Å². The Labute approximate surface area is 127 Å². The van der Waals surface area contributed by atoms with Gasteiger partial charge in [-0.05, 0) is 43.1 Å². The van der Waals surface area contributed by atoms with Crippen LogP contribution in [-0.4, -0.2) is 28.7 Å². The molecule has 0 aliphatic heterocycles. The molecule has 19 heavy (non-hydrogen) atoms. The first-order valence-corrected chi connectivity index (χ1v) is 7.19. The zero-order valence-corrected chi connectivity index (χ0v) is 13.2. The van der Waals surface area contributed by atoms with Crippen molar-refractivity contribution in [1.29, 1.82) is 0 Å². The summed E-state index contributed by atoms with van der Waals surface area (Å²) in [6, 6.07) is 5.22. The van der Waals surface area contributed by atoms with Crippen molar-refractivity contribution in [2.45, 2.75) is 24.9 Å². The molecule has 0 aromatic heterocycles. The molecule has 2 N–H and O–H groups in total. The third-order valence-electron chi connectivity index (χ3n) is 2.38. The molecule has 4 nitrogen and oxygen atoms in total. The molecule has 106 valence electrons. The lowest BCUT2D eigenvalue weighted by molar-refractivity contribution is 0.171. The number of rotatable bonds is 5. The van der Waals surface area contributed by atoms with Gasteiger partial charge in [-0.2, -0.15) is 0 Å². The van der Waals surface area contributed by atoms with Gasteiger partial charge in [0.15, 0.2) is 0 Å². The Kier molecular flexibility index (Phi) is 6.26. The van der Waals surface area contributed by atoms with E-state index >= 15 is 0 Å². The van der Waals surface area contributed by atoms with Gasteiger partial charge in [0.25, 0.3) is 0 Å². The van der Waals surface area contributed by atoms with Crippen LogP contribution in [0.4, 0.5) is 4.79 Å². The van der Waals surface area contributed by atoms with Gasteiger partial charge in [-0.25, -0.2) is 9.10 Å². The average Bonchev–Trinajstić information content (AvgIpc) is 2.23. The Balaban J connectivity index is 2.80. The third-order valence-corrected chi connectivity index (χ3v) is 3.78. The fourth-order valence-corrected chi connectivity index (χ4v) is 3.37. The number of hydrogen-bond acceptors (Lipinski definition) is 3. The largest absolute Gasteiger partial charge is 0.465 e. The molecule has 0 aliphatic rings. The summed E-state index contributed by atoms with van der Waals surface area (Å²) in [4.78, 5) is 11.6. The van der Waals surface area contributed by atoms with Crippen LogP contribution in [0, 0.1) is 5.92 Å². The first-order chi connectivity index (χ1) is 8.79. The van der Waals surface area contributed by atoms with E-state index in [4.69, 9.17) is 28.3 Å².